The van der Waals surface area contributed by atoms with Gasteiger partial charge in [-0.1, -0.05) is 51.5 Å². The van der Waals surface area contributed by atoms with E-state index in [2.05, 4.69) is 49.8 Å². The normalized spacial score (nSPS) is 33.3. The maximum absolute atomic E-state index is 12.5. The third-order valence-electron chi connectivity index (χ3n) is 11.5. The molecule has 0 aliphatic heterocycles. The fraction of sp³-hybridized carbons (Fsp3) is 0.722. The second-order valence-electron chi connectivity index (χ2n) is 14.3. The molecule has 0 radical (unpaired) electrons. The first-order valence-corrected chi connectivity index (χ1v) is 16.9. The van der Waals surface area contributed by atoms with Crippen LogP contribution in [0.3, 0.4) is 0 Å². The lowest BCUT2D eigenvalue weighted by molar-refractivity contribution is 0.0479. The molecule has 5 rings (SSSR count). The highest BCUT2D eigenvalue weighted by molar-refractivity contribution is 5.67. The molecule has 7 nitrogen and oxygen atoms in total. The van der Waals surface area contributed by atoms with E-state index in [1.54, 1.807) is 7.05 Å². The van der Waals surface area contributed by atoms with Crippen molar-refractivity contribution in [2.75, 3.05) is 7.05 Å². The molecule has 0 saturated heterocycles. The van der Waals surface area contributed by atoms with Gasteiger partial charge in [-0.3, -0.25) is 0 Å². The number of aromatic nitrogens is 1. The molecule has 7 atom stereocenters. The lowest BCUT2D eigenvalue weighted by Gasteiger charge is -2.44. The van der Waals surface area contributed by atoms with E-state index in [4.69, 9.17) is 9.15 Å². The molecule has 0 unspecified atom stereocenters. The molecule has 4 aliphatic rings. The molecule has 4 aliphatic carbocycles. The van der Waals surface area contributed by atoms with E-state index in [-0.39, 0.29) is 23.0 Å². The number of rotatable bonds is 11. The van der Waals surface area contributed by atoms with E-state index in [0.29, 0.717) is 30.6 Å². The summed E-state index contributed by atoms with van der Waals surface area (Å²) in [5.41, 5.74) is 3.18. The predicted molar refractivity (Wildman–Crippen MR) is 168 cm³/mol. The van der Waals surface area contributed by atoms with Gasteiger partial charge in [-0.25, -0.2) is 9.78 Å². The number of allylic oxidation sites excluding steroid dienone is 3. The summed E-state index contributed by atoms with van der Waals surface area (Å²) in [5.74, 6) is 3.34. The summed E-state index contributed by atoms with van der Waals surface area (Å²) in [6, 6.07) is 0. The van der Waals surface area contributed by atoms with E-state index in [1.807, 2.05) is 6.20 Å². The first kappa shape index (κ1) is 32.0. The molecule has 7 heteroatoms. The van der Waals surface area contributed by atoms with Gasteiger partial charge in [-0.05, 0) is 105 Å². The van der Waals surface area contributed by atoms with Crippen LogP contribution in [0.5, 0.6) is 0 Å². The van der Waals surface area contributed by atoms with Crippen molar-refractivity contribution in [1.29, 1.82) is 0 Å². The van der Waals surface area contributed by atoms with Crippen LogP contribution >= 0.6 is 0 Å². The zero-order valence-corrected chi connectivity index (χ0v) is 26.9. The number of unbranched alkanes of at least 4 members (excludes halogenated alkanes) is 1. The topological polar surface area (TPSA) is 105 Å². The Kier molecular flexibility index (Phi) is 9.92. The summed E-state index contributed by atoms with van der Waals surface area (Å²) in [4.78, 5) is 17.1. The largest absolute Gasteiger partial charge is 0.445 e. The Balaban J connectivity index is 1.27. The SMILES string of the molecule is C=C1/C(=C\C=C2/CCC[C@]3(C)[C@@H]([C@H](C)CC[C@@H](OC(=O)NC)C4(c5ncc(CCCC)o5)CC4)CC[C@@H]23)C[C@@H](O)C[C@@H]1O. The maximum Gasteiger partial charge on any atom is 0.407 e. The lowest BCUT2D eigenvalue weighted by atomic mass is 9.60. The molecule has 0 bridgehead atoms. The molecule has 238 valence electrons. The quantitative estimate of drug-likeness (QED) is 0.248. The molecular formula is C36H54N2O5. The third kappa shape index (κ3) is 6.68. The molecule has 1 heterocycles. The van der Waals surface area contributed by atoms with Crippen molar-refractivity contribution in [2.45, 2.75) is 134 Å². The minimum atomic E-state index is -0.653. The van der Waals surface area contributed by atoms with Crippen molar-refractivity contribution < 1.29 is 24.2 Å². The van der Waals surface area contributed by atoms with Crippen molar-refractivity contribution in [3.05, 3.63) is 53.3 Å². The minimum Gasteiger partial charge on any atom is -0.445 e. The Morgan fingerprint density at radius 1 is 1.26 bits per heavy atom. The van der Waals surface area contributed by atoms with Gasteiger partial charge in [0.15, 0.2) is 0 Å². The van der Waals surface area contributed by atoms with Gasteiger partial charge in [0.05, 0.1) is 23.8 Å². The Hall–Kier alpha value is -2.38. The zero-order valence-electron chi connectivity index (χ0n) is 26.9. The van der Waals surface area contributed by atoms with Crippen LogP contribution in [0.2, 0.25) is 0 Å². The van der Waals surface area contributed by atoms with Gasteiger partial charge < -0.3 is 24.7 Å². The summed E-state index contributed by atoms with van der Waals surface area (Å²) in [7, 11) is 1.62. The first-order chi connectivity index (χ1) is 20.6. The summed E-state index contributed by atoms with van der Waals surface area (Å²) < 4.78 is 12.3. The van der Waals surface area contributed by atoms with Gasteiger partial charge in [0.2, 0.25) is 5.89 Å². The molecule has 1 amide bonds. The second kappa shape index (κ2) is 13.3. The summed E-state index contributed by atoms with van der Waals surface area (Å²) in [6.45, 7) is 11.2. The average Bonchev–Trinajstić information content (AvgIpc) is 3.50. The lowest BCUT2D eigenvalue weighted by Crippen LogP contribution is -2.38. The second-order valence-corrected chi connectivity index (χ2v) is 14.3. The van der Waals surface area contributed by atoms with Crippen LogP contribution in [-0.2, 0) is 16.6 Å². The highest BCUT2D eigenvalue weighted by atomic mass is 16.6. The van der Waals surface area contributed by atoms with Crippen LogP contribution in [0.1, 0.15) is 116 Å². The number of oxazole rings is 1. The monoisotopic (exact) mass is 594 g/mol. The number of aryl methyl sites for hydroxylation is 1. The molecule has 4 saturated carbocycles. The number of nitrogens with zero attached hydrogens (tertiary/aromatic N) is 1. The predicted octanol–water partition coefficient (Wildman–Crippen LogP) is 7.33. The number of carbonyl (C=O) groups excluding carboxylic acids is 1. The number of fused-ring (bicyclic) bond motifs is 1. The summed E-state index contributed by atoms with van der Waals surface area (Å²) >= 11 is 0. The van der Waals surface area contributed by atoms with Crippen LogP contribution in [-0.4, -0.2) is 46.6 Å². The van der Waals surface area contributed by atoms with E-state index >= 15 is 0 Å². The van der Waals surface area contributed by atoms with Crippen LogP contribution in [0.4, 0.5) is 4.79 Å². The van der Waals surface area contributed by atoms with E-state index in [9.17, 15) is 15.0 Å². The smallest absolute Gasteiger partial charge is 0.407 e. The first-order valence-electron chi connectivity index (χ1n) is 16.9. The number of ether oxygens (including phenoxy) is 1. The standard InChI is InChI=1S/C36H54N2O5/c1-6-7-10-28-22-38-33(42-28)36(18-19-36)32(43-34(41)37-5)16-11-23(2)29-14-15-30-25(9-8-17-35(29,30)4)12-13-26-20-27(39)21-31(40)24(26)3/h12-13,22-23,27,29-32,39-40H,3,6-11,14-21H2,1-2,4-5H3,(H,37,41)/b25-12+,26-13-/t23-,27-,29-,30+,31+,32-,35-/m1/s1. The van der Waals surface area contributed by atoms with Crippen molar-refractivity contribution in [1.82, 2.24) is 10.3 Å². The van der Waals surface area contributed by atoms with Crippen molar-refractivity contribution >= 4 is 6.09 Å². The molecule has 43 heavy (non-hydrogen) atoms. The molecule has 1 aromatic heterocycles. The van der Waals surface area contributed by atoms with Gasteiger partial charge in [0.1, 0.15) is 11.9 Å². The summed E-state index contributed by atoms with van der Waals surface area (Å²) in [5, 5.41) is 23.1. The number of aliphatic hydroxyl groups is 2. The van der Waals surface area contributed by atoms with Crippen molar-refractivity contribution in [3.63, 3.8) is 0 Å². The molecule has 3 N–H and O–H groups in total. The van der Waals surface area contributed by atoms with Crippen LogP contribution in [0.25, 0.3) is 0 Å². The van der Waals surface area contributed by atoms with Crippen molar-refractivity contribution in [2.24, 2.45) is 23.2 Å². The van der Waals surface area contributed by atoms with Crippen LogP contribution in [0, 0.1) is 23.2 Å². The fourth-order valence-corrected chi connectivity index (χ4v) is 8.74. The highest BCUT2D eigenvalue weighted by Crippen LogP contribution is 2.60. The number of nitrogens with one attached hydrogen (secondary N) is 1. The zero-order chi connectivity index (χ0) is 30.8. The Morgan fingerprint density at radius 2 is 2.05 bits per heavy atom. The molecule has 0 spiro atoms. The number of amides is 1. The van der Waals surface area contributed by atoms with Gasteiger partial charge in [0, 0.05) is 19.9 Å². The molecule has 0 aromatic carbocycles. The van der Waals surface area contributed by atoms with Gasteiger partial charge in [-0.2, -0.15) is 0 Å². The van der Waals surface area contributed by atoms with Gasteiger partial charge >= 0.3 is 6.09 Å². The van der Waals surface area contributed by atoms with E-state index in [1.165, 1.54) is 31.3 Å². The Bertz CT molecular complexity index is 1210. The fourth-order valence-electron chi connectivity index (χ4n) is 8.74. The molecular weight excluding hydrogens is 540 g/mol. The number of alkyl carbamates (subject to hydrolysis) is 1. The van der Waals surface area contributed by atoms with Gasteiger partial charge in [0.25, 0.3) is 0 Å². The van der Waals surface area contributed by atoms with E-state index < -0.39 is 12.2 Å². The number of carbonyl (C=O) groups is 1. The maximum atomic E-state index is 12.5. The van der Waals surface area contributed by atoms with Gasteiger partial charge in [-0.15, -0.1) is 0 Å². The third-order valence-corrected chi connectivity index (χ3v) is 11.5. The molecule has 1 aromatic rings. The minimum absolute atomic E-state index is 0.246. The summed E-state index contributed by atoms with van der Waals surface area (Å²) in [6.07, 6.45) is 18.1. The Labute approximate surface area is 258 Å². The Morgan fingerprint density at radius 3 is 2.77 bits per heavy atom. The number of hydrogen-bond donors (Lipinski definition) is 3. The van der Waals surface area contributed by atoms with E-state index in [0.717, 1.165) is 74.2 Å². The number of hydrogen-bond acceptors (Lipinski definition) is 6. The highest BCUT2D eigenvalue weighted by Gasteiger charge is 2.57. The molecule has 4 fully saturated rings. The van der Waals surface area contributed by atoms with Crippen LogP contribution < -0.4 is 5.32 Å². The van der Waals surface area contributed by atoms with Crippen molar-refractivity contribution in [3.8, 4) is 0 Å². The number of aliphatic hydroxyl groups excluding tert-OH is 2. The average molecular weight is 595 g/mol. The van der Waals surface area contributed by atoms with Crippen LogP contribution in [0.15, 0.2) is 46.1 Å².